The molecule has 0 aromatic heterocycles. The summed E-state index contributed by atoms with van der Waals surface area (Å²) < 4.78 is 40.8. The van der Waals surface area contributed by atoms with Crippen LogP contribution in [-0.2, 0) is 9.53 Å². The second-order valence-corrected chi connectivity index (χ2v) is 5.38. The first-order valence-corrected chi connectivity index (χ1v) is 5.50. The molecule has 0 amide bonds. The third-order valence-corrected chi connectivity index (χ3v) is 4.29. The van der Waals surface area contributed by atoms with Gasteiger partial charge < -0.3 is 4.74 Å². The van der Waals surface area contributed by atoms with Crippen molar-refractivity contribution in [2.75, 3.05) is 0 Å². The molecule has 2 rings (SSSR count). The lowest BCUT2D eigenvalue weighted by atomic mass is 9.82. The van der Waals surface area contributed by atoms with Gasteiger partial charge in [-0.3, -0.25) is 0 Å². The van der Waals surface area contributed by atoms with Crippen molar-refractivity contribution in [2.24, 2.45) is 17.3 Å². The molecule has 0 aromatic carbocycles. The van der Waals surface area contributed by atoms with Crippen molar-refractivity contribution in [3.63, 3.8) is 0 Å². The molecule has 0 aromatic rings. The molecule has 16 heavy (non-hydrogen) atoms. The van der Waals surface area contributed by atoms with Crippen LogP contribution in [-0.4, -0.2) is 18.2 Å². The van der Waals surface area contributed by atoms with Crippen LogP contribution in [0.25, 0.3) is 0 Å². The Morgan fingerprint density at radius 3 is 2.31 bits per heavy atom. The fraction of sp³-hybridized carbons (Fsp3) is 0.909. The largest absolute Gasteiger partial charge is 0.490 e. The summed E-state index contributed by atoms with van der Waals surface area (Å²) in [6.45, 7) is 4.10. The first-order chi connectivity index (χ1) is 7.23. The van der Waals surface area contributed by atoms with E-state index >= 15 is 0 Å². The number of hydrogen-bond acceptors (Lipinski definition) is 2. The van der Waals surface area contributed by atoms with E-state index in [1.807, 2.05) is 0 Å². The standard InChI is InChI=1S/C11H15F3O2/c1-10(2)6-3-4-7(10)8(5-6)16-9(15)11(12,13)14/h6-8H,3-5H2,1-2H3/t6-,7+,8+/m0/s1. The second kappa shape index (κ2) is 3.37. The van der Waals surface area contributed by atoms with Gasteiger partial charge in [0, 0.05) is 5.92 Å². The maximum absolute atomic E-state index is 12.1. The Labute approximate surface area is 92.1 Å². The van der Waals surface area contributed by atoms with Gasteiger partial charge in [0.05, 0.1) is 0 Å². The predicted octanol–water partition coefficient (Wildman–Crippen LogP) is 2.92. The highest BCUT2D eigenvalue weighted by molar-refractivity contribution is 5.75. The summed E-state index contributed by atoms with van der Waals surface area (Å²) in [5.41, 5.74) is 0.0105. The van der Waals surface area contributed by atoms with Crippen LogP contribution in [0.2, 0.25) is 0 Å². The Hall–Kier alpha value is -0.740. The first-order valence-electron chi connectivity index (χ1n) is 5.50. The number of ether oxygens (including phenoxy) is 1. The van der Waals surface area contributed by atoms with Crippen LogP contribution in [0.15, 0.2) is 0 Å². The Balaban J connectivity index is 2.02. The third-order valence-electron chi connectivity index (χ3n) is 4.29. The number of carbonyl (C=O) groups is 1. The molecule has 2 fully saturated rings. The molecular weight excluding hydrogens is 221 g/mol. The maximum Gasteiger partial charge on any atom is 0.490 e. The summed E-state index contributed by atoms with van der Waals surface area (Å²) >= 11 is 0. The molecule has 3 atom stereocenters. The number of esters is 1. The molecular formula is C11H15F3O2. The molecule has 0 spiro atoms. The normalized spacial score (nSPS) is 36.4. The Bertz CT molecular complexity index is 309. The quantitative estimate of drug-likeness (QED) is 0.654. The van der Waals surface area contributed by atoms with E-state index in [1.165, 1.54) is 0 Å². The van der Waals surface area contributed by atoms with Gasteiger partial charge in [-0.25, -0.2) is 4.79 Å². The summed E-state index contributed by atoms with van der Waals surface area (Å²) in [6, 6.07) is 0. The van der Waals surface area contributed by atoms with Crippen LogP contribution in [0, 0.1) is 17.3 Å². The van der Waals surface area contributed by atoms with E-state index in [0.717, 1.165) is 12.8 Å². The minimum atomic E-state index is -4.87. The van der Waals surface area contributed by atoms with E-state index in [2.05, 4.69) is 18.6 Å². The van der Waals surface area contributed by atoms with E-state index in [1.54, 1.807) is 0 Å². The molecule has 5 heteroatoms. The molecule has 0 aliphatic heterocycles. The number of rotatable bonds is 1. The van der Waals surface area contributed by atoms with Crippen molar-refractivity contribution in [1.29, 1.82) is 0 Å². The van der Waals surface area contributed by atoms with Crippen molar-refractivity contribution < 1.29 is 22.7 Å². The molecule has 2 saturated carbocycles. The molecule has 0 unspecified atom stereocenters. The van der Waals surface area contributed by atoms with Crippen LogP contribution < -0.4 is 0 Å². The Morgan fingerprint density at radius 2 is 1.94 bits per heavy atom. The highest BCUT2D eigenvalue weighted by atomic mass is 19.4. The van der Waals surface area contributed by atoms with Crippen molar-refractivity contribution in [2.45, 2.75) is 45.4 Å². The molecule has 0 heterocycles. The van der Waals surface area contributed by atoms with Gasteiger partial charge in [-0.1, -0.05) is 13.8 Å². The van der Waals surface area contributed by atoms with Gasteiger partial charge in [0.1, 0.15) is 6.10 Å². The van der Waals surface area contributed by atoms with Gasteiger partial charge >= 0.3 is 12.1 Å². The number of carbonyl (C=O) groups excluding carboxylic acids is 1. The zero-order valence-corrected chi connectivity index (χ0v) is 9.30. The zero-order chi connectivity index (χ0) is 12.1. The van der Waals surface area contributed by atoms with E-state index in [-0.39, 0.29) is 11.3 Å². The average molecular weight is 236 g/mol. The van der Waals surface area contributed by atoms with Crippen LogP contribution in [0.4, 0.5) is 13.2 Å². The topological polar surface area (TPSA) is 26.3 Å². The van der Waals surface area contributed by atoms with Gasteiger partial charge in [0.15, 0.2) is 0 Å². The summed E-state index contributed by atoms with van der Waals surface area (Å²) in [4.78, 5) is 10.8. The average Bonchev–Trinajstić information content (AvgIpc) is 2.53. The Morgan fingerprint density at radius 1 is 1.31 bits per heavy atom. The van der Waals surface area contributed by atoms with E-state index in [4.69, 9.17) is 0 Å². The van der Waals surface area contributed by atoms with Crippen molar-refractivity contribution in [1.82, 2.24) is 0 Å². The van der Waals surface area contributed by atoms with Crippen LogP contribution in [0.3, 0.4) is 0 Å². The number of hydrogen-bond donors (Lipinski definition) is 0. The fourth-order valence-electron chi connectivity index (χ4n) is 3.29. The SMILES string of the molecule is CC1(C)[C@H]2CC[C@@H]1[C@H](OC(=O)C(F)(F)F)C2. The highest BCUT2D eigenvalue weighted by Gasteiger charge is 2.56. The van der Waals surface area contributed by atoms with Gasteiger partial charge in [-0.15, -0.1) is 0 Å². The van der Waals surface area contributed by atoms with Gasteiger partial charge in [-0.05, 0) is 30.6 Å². The number of alkyl halides is 3. The van der Waals surface area contributed by atoms with Gasteiger partial charge in [0.25, 0.3) is 0 Å². The van der Waals surface area contributed by atoms with Crippen molar-refractivity contribution in [3.8, 4) is 0 Å². The smallest absolute Gasteiger partial charge is 0.455 e. The van der Waals surface area contributed by atoms with Crippen LogP contribution in [0.1, 0.15) is 33.1 Å². The fourth-order valence-corrected chi connectivity index (χ4v) is 3.29. The first kappa shape index (κ1) is 11.7. The predicted molar refractivity (Wildman–Crippen MR) is 50.5 cm³/mol. The molecule has 2 bridgehead atoms. The molecule has 92 valence electrons. The van der Waals surface area contributed by atoms with E-state index < -0.39 is 18.2 Å². The molecule has 0 N–H and O–H groups in total. The summed E-state index contributed by atoms with van der Waals surface area (Å²) in [5, 5.41) is 0. The summed E-state index contributed by atoms with van der Waals surface area (Å²) in [7, 11) is 0. The third kappa shape index (κ3) is 1.70. The maximum atomic E-state index is 12.1. The molecule has 0 radical (unpaired) electrons. The monoisotopic (exact) mass is 236 g/mol. The van der Waals surface area contributed by atoms with Gasteiger partial charge in [0.2, 0.25) is 0 Å². The molecule has 2 aliphatic rings. The Kier molecular flexibility index (Phi) is 2.48. The lowest BCUT2D eigenvalue weighted by molar-refractivity contribution is -0.207. The summed E-state index contributed by atoms with van der Waals surface area (Å²) in [6.07, 6.45) is -2.92. The lowest BCUT2D eigenvalue weighted by Crippen LogP contribution is -2.33. The van der Waals surface area contributed by atoms with Crippen molar-refractivity contribution in [3.05, 3.63) is 0 Å². The molecule has 2 aliphatic carbocycles. The van der Waals surface area contributed by atoms with Crippen LogP contribution >= 0.6 is 0 Å². The lowest BCUT2D eigenvalue weighted by Gasteiger charge is -2.26. The van der Waals surface area contributed by atoms with E-state index in [0.29, 0.717) is 12.3 Å². The summed E-state index contributed by atoms with van der Waals surface area (Å²) in [5.74, 6) is -1.56. The molecule has 0 saturated heterocycles. The highest BCUT2D eigenvalue weighted by Crippen LogP contribution is 2.58. The van der Waals surface area contributed by atoms with Crippen molar-refractivity contribution >= 4 is 5.97 Å². The van der Waals surface area contributed by atoms with Crippen LogP contribution in [0.5, 0.6) is 0 Å². The molecule has 2 nitrogen and oxygen atoms in total. The van der Waals surface area contributed by atoms with E-state index in [9.17, 15) is 18.0 Å². The number of fused-ring (bicyclic) bond motifs is 2. The minimum absolute atomic E-state index is 0.0105. The van der Waals surface area contributed by atoms with Gasteiger partial charge in [-0.2, -0.15) is 13.2 Å². The second-order valence-electron chi connectivity index (χ2n) is 5.38. The number of halogens is 3. The zero-order valence-electron chi connectivity index (χ0n) is 9.30. The minimum Gasteiger partial charge on any atom is -0.455 e.